The van der Waals surface area contributed by atoms with E-state index in [1.807, 2.05) is 6.07 Å². The second-order valence-electron chi connectivity index (χ2n) is 4.39. The molecule has 5 nitrogen and oxygen atoms in total. The van der Waals surface area contributed by atoms with Crippen LogP contribution in [0.2, 0.25) is 0 Å². The lowest BCUT2D eigenvalue weighted by atomic mass is 10.2. The summed E-state index contributed by atoms with van der Waals surface area (Å²) < 4.78 is 10.2. The van der Waals surface area contributed by atoms with Crippen molar-refractivity contribution in [1.29, 1.82) is 0 Å². The highest BCUT2D eigenvalue weighted by molar-refractivity contribution is 5.51. The molecule has 0 radical (unpaired) electrons. The average molecular weight is 233 g/mol. The van der Waals surface area contributed by atoms with Crippen LogP contribution in [0.4, 0.5) is 0 Å². The lowest BCUT2D eigenvalue weighted by Crippen LogP contribution is -2.25. The Morgan fingerprint density at radius 3 is 3.00 bits per heavy atom. The Kier molecular flexibility index (Phi) is 2.92. The van der Waals surface area contributed by atoms with Gasteiger partial charge < -0.3 is 14.3 Å². The minimum atomic E-state index is 0.585. The number of hydrogen-bond donors (Lipinski definition) is 1. The zero-order valence-corrected chi connectivity index (χ0v) is 9.56. The first-order chi connectivity index (χ1) is 8.42. The summed E-state index contributed by atoms with van der Waals surface area (Å²) in [5.41, 5.74) is 0.848. The van der Waals surface area contributed by atoms with Crippen LogP contribution in [0, 0.1) is 0 Å². The van der Waals surface area contributed by atoms with E-state index < -0.39 is 0 Å². The molecule has 2 aromatic rings. The molecule has 0 amide bonds. The number of aromatic nitrogens is 2. The third-order valence-electron chi connectivity index (χ3n) is 3.14. The van der Waals surface area contributed by atoms with Gasteiger partial charge >= 0.3 is 0 Å². The van der Waals surface area contributed by atoms with Crippen LogP contribution in [0.25, 0.3) is 11.4 Å². The average Bonchev–Trinajstić information content (AvgIpc) is 3.09. The Morgan fingerprint density at radius 1 is 1.35 bits per heavy atom. The standard InChI is InChI=1S/C12H15N3O2/c1-2-4-10(3-1)13-7-11-14-12(15-17-11)9-5-6-16-8-9/h5-6,8,10,13H,1-4,7H2. The van der Waals surface area contributed by atoms with Gasteiger partial charge in [-0.25, -0.2) is 0 Å². The molecule has 0 spiro atoms. The van der Waals surface area contributed by atoms with Crippen molar-refractivity contribution in [3.05, 3.63) is 24.5 Å². The molecule has 0 atom stereocenters. The van der Waals surface area contributed by atoms with Crippen molar-refractivity contribution in [3.63, 3.8) is 0 Å². The molecule has 1 saturated carbocycles. The Bertz CT molecular complexity index is 458. The first kappa shape index (κ1) is 10.5. The second-order valence-corrected chi connectivity index (χ2v) is 4.39. The molecule has 1 aliphatic rings. The number of nitrogens with zero attached hydrogens (tertiary/aromatic N) is 2. The minimum Gasteiger partial charge on any atom is -0.472 e. The van der Waals surface area contributed by atoms with Crippen LogP contribution in [-0.2, 0) is 6.54 Å². The Labute approximate surface area is 99.2 Å². The maximum absolute atomic E-state index is 5.18. The summed E-state index contributed by atoms with van der Waals surface area (Å²) in [6.07, 6.45) is 8.36. The van der Waals surface area contributed by atoms with E-state index in [4.69, 9.17) is 8.94 Å². The smallest absolute Gasteiger partial charge is 0.240 e. The van der Waals surface area contributed by atoms with Crippen LogP contribution in [-0.4, -0.2) is 16.2 Å². The van der Waals surface area contributed by atoms with Crippen LogP contribution in [0.5, 0.6) is 0 Å². The van der Waals surface area contributed by atoms with Gasteiger partial charge in [0.15, 0.2) is 0 Å². The largest absolute Gasteiger partial charge is 0.472 e. The normalized spacial score (nSPS) is 16.7. The van der Waals surface area contributed by atoms with Gasteiger partial charge in [-0.15, -0.1) is 0 Å². The van der Waals surface area contributed by atoms with Gasteiger partial charge in [0.25, 0.3) is 0 Å². The van der Waals surface area contributed by atoms with Gasteiger partial charge in [0, 0.05) is 6.04 Å². The van der Waals surface area contributed by atoms with E-state index in [-0.39, 0.29) is 0 Å². The summed E-state index contributed by atoms with van der Waals surface area (Å²) in [6, 6.07) is 2.43. The van der Waals surface area contributed by atoms with E-state index in [0.29, 0.717) is 24.3 Å². The van der Waals surface area contributed by atoms with Crippen LogP contribution in [0.3, 0.4) is 0 Å². The van der Waals surface area contributed by atoms with Gasteiger partial charge in [0.05, 0.1) is 18.4 Å². The molecule has 0 unspecified atom stereocenters. The minimum absolute atomic E-state index is 0.585. The third-order valence-corrected chi connectivity index (χ3v) is 3.14. The fraction of sp³-hybridized carbons (Fsp3) is 0.500. The highest BCUT2D eigenvalue weighted by Gasteiger charge is 2.16. The van der Waals surface area contributed by atoms with Crippen molar-refractivity contribution in [3.8, 4) is 11.4 Å². The zero-order chi connectivity index (χ0) is 11.5. The Morgan fingerprint density at radius 2 is 2.24 bits per heavy atom. The van der Waals surface area contributed by atoms with Crippen molar-refractivity contribution in [2.24, 2.45) is 0 Å². The van der Waals surface area contributed by atoms with E-state index in [9.17, 15) is 0 Å². The number of rotatable bonds is 4. The molecule has 3 rings (SSSR count). The van der Waals surface area contributed by atoms with Gasteiger partial charge in [-0.05, 0) is 18.9 Å². The van der Waals surface area contributed by atoms with E-state index >= 15 is 0 Å². The van der Waals surface area contributed by atoms with E-state index in [1.54, 1.807) is 12.5 Å². The fourth-order valence-corrected chi connectivity index (χ4v) is 2.20. The van der Waals surface area contributed by atoms with Crippen molar-refractivity contribution >= 4 is 0 Å². The summed E-state index contributed by atoms with van der Waals surface area (Å²) in [4.78, 5) is 4.31. The topological polar surface area (TPSA) is 64.1 Å². The zero-order valence-electron chi connectivity index (χ0n) is 9.56. The highest BCUT2D eigenvalue weighted by atomic mass is 16.5. The molecule has 0 bridgehead atoms. The maximum atomic E-state index is 5.18. The molecule has 17 heavy (non-hydrogen) atoms. The number of nitrogens with one attached hydrogen (secondary N) is 1. The molecule has 1 fully saturated rings. The van der Waals surface area contributed by atoms with Crippen molar-refractivity contribution in [2.75, 3.05) is 0 Å². The summed E-state index contributed by atoms with van der Waals surface area (Å²) in [5.74, 6) is 1.22. The van der Waals surface area contributed by atoms with Crippen LogP contribution in [0.15, 0.2) is 27.5 Å². The predicted octanol–water partition coefficient (Wildman–Crippen LogP) is 2.36. The van der Waals surface area contributed by atoms with Crippen molar-refractivity contribution in [1.82, 2.24) is 15.5 Å². The van der Waals surface area contributed by atoms with E-state index in [2.05, 4.69) is 15.5 Å². The Balaban J connectivity index is 1.60. The first-order valence-electron chi connectivity index (χ1n) is 6.00. The van der Waals surface area contributed by atoms with Gasteiger partial charge in [0.2, 0.25) is 11.7 Å². The van der Waals surface area contributed by atoms with E-state index in [1.165, 1.54) is 25.7 Å². The molecular weight excluding hydrogens is 218 g/mol. The lowest BCUT2D eigenvalue weighted by molar-refractivity contribution is 0.357. The van der Waals surface area contributed by atoms with Gasteiger partial charge in [-0.3, -0.25) is 0 Å². The second kappa shape index (κ2) is 4.71. The summed E-state index contributed by atoms with van der Waals surface area (Å²) in [7, 11) is 0. The Hall–Kier alpha value is -1.62. The molecular formula is C12H15N3O2. The van der Waals surface area contributed by atoms with Crippen LogP contribution < -0.4 is 5.32 Å². The van der Waals surface area contributed by atoms with Crippen molar-refractivity contribution < 1.29 is 8.94 Å². The monoisotopic (exact) mass is 233 g/mol. The third kappa shape index (κ3) is 2.39. The van der Waals surface area contributed by atoms with E-state index in [0.717, 1.165) is 5.56 Å². The van der Waals surface area contributed by atoms with Crippen molar-refractivity contribution in [2.45, 2.75) is 38.3 Å². The number of hydrogen-bond acceptors (Lipinski definition) is 5. The molecule has 5 heteroatoms. The lowest BCUT2D eigenvalue weighted by Gasteiger charge is -2.08. The summed E-state index contributed by atoms with van der Waals surface area (Å²) >= 11 is 0. The van der Waals surface area contributed by atoms with Gasteiger partial charge in [-0.1, -0.05) is 18.0 Å². The molecule has 0 aromatic carbocycles. The molecule has 1 N–H and O–H groups in total. The van der Waals surface area contributed by atoms with Gasteiger partial charge in [0.1, 0.15) is 6.26 Å². The molecule has 90 valence electrons. The quantitative estimate of drug-likeness (QED) is 0.878. The molecule has 2 aromatic heterocycles. The highest BCUT2D eigenvalue weighted by Crippen LogP contribution is 2.19. The first-order valence-corrected chi connectivity index (χ1v) is 6.00. The fourth-order valence-electron chi connectivity index (χ4n) is 2.20. The van der Waals surface area contributed by atoms with Gasteiger partial charge in [-0.2, -0.15) is 4.98 Å². The molecule has 2 heterocycles. The molecule has 0 aliphatic heterocycles. The molecule has 1 aliphatic carbocycles. The maximum Gasteiger partial charge on any atom is 0.240 e. The molecule has 0 saturated heterocycles. The predicted molar refractivity (Wildman–Crippen MR) is 61.1 cm³/mol. The summed E-state index contributed by atoms with van der Waals surface area (Å²) in [6.45, 7) is 0.648. The number of furan rings is 1. The SMILES string of the molecule is c1cc(-c2noc(CNC3CCCC3)n2)co1. The van der Waals surface area contributed by atoms with Crippen LogP contribution in [0.1, 0.15) is 31.6 Å². The summed E-state index contributed by atoms with van der Waals surface area (Å²) in [5, 5.41) is 7.35. The van der Waals surface area contributed by atoms with Crippen LogP contribution >= 0.6 is 0 Å².